The molecule has 0 aromatic carbocycles. The number of ether oxygens (including phenoxy) is 2. The van der Waals surface area contributed by atoms with Gasteiger partial charge in [-0.15, -0.1) is 0 Å². The number of halogens is 1. The van der Waals surface area contributed by atoms with Crippen LogP contribution >= 0.6 is 15.9 Å². The third-order valence-electron chi connectivity index (χ3n) is 1.61. The lowest BCUT2D eigenvalue weighted by molar-refractivity contribution is -0.155. The average molecular weight is 221 g/mol. The van der Waals surface area contributed by atoms with Gasteiger partial charge in [-0.2, -0.15) is 0 Å². The highest BCUT2D eigenvalue weighted by atomic mass is 79.9. The lowest BCUT2D eigenvalue weighted by Gasteiger charge is -2.21. The largest absolute Gasteiger partial charge is 0.353 e. The molecule has 0 spiro atoms. The molecule has 1 saturated heterocycles. The minimum atomic E-state index is 0.0347. The first-order valence-corrected chi connectivity index (χ1v) is 4.83. The van der Waals surface area contributed by atoms with Crippen LogP contribution in [0.5, 0.6) is 0 Å². The van der Waals surface area contributed by atoms with Crippen LogP contribution in [-0.4, -0.2) is 19.5 Å². The van der Waals surface area contributed by atoms with E-state index in [0.29, 0.717) is 6.61 Å². The van der Waals surface area contributed by atoms with Gasteiger partial charge in [-0.3, -0.25) is 0 Å². The third kappa shape index (κ3) is 3.89. The summed E-state index contributed by atoms with van der Waals surface area (Å²) in [6.07, 6.45) is 5.39. The molecule has 0 aliphatic carbocycles. The first-order valence-electron chi connectivity index (χ1n) is 3.92. The monoisotopic (exact) mass is 220 g/mol. The second-order valence-electron chi connectivity index (χ2n) is 2.49. The van der Waals surface area contributed by atoms with Crippen LogP contribution in [0.25, 0.3) is 0 Å². The Hall–Kier alpha value is 0.140. The molecule has 0 saturated carbocycles. The summed E-state index contributed by atoms with van der Waals surface area (Å²) in [5, 5.41) is 0. The smallest absolute Gasteiger partial charge is 0.157 e. The molecule has 1 unspecified atom stereocenters. The average Bonchev–Trinajstić information content (AvgIpc) is 2.07. The lowest BCUT2D eigenvalue weighted by atomic mass is 10.2. The molecular weight excluding hydrogens is 208 g/mol. The number of hydrogen-bond acceptors (Lipinski definition) is 2. The summed E-state index contributed by atoms with van der Waals surface area (Å²) >= 11 is 3.17. The number of rotatable bonds is 3. The molecule has 1 fully saturated rings. The highest BCUT2D eigenvalue weighted by Gasteiger charge is 2.12. The van der Waals surface area contributed by atoms with Gasteiger partial charge in [0.05, 0.1) is 6.61 Å². The predicted octanol–water partition coefficient (Wildman–Crippen LogP) is 2.44. The van der Waals surface area contributed by atoms with Gasteiger partial charge in [-0.05, 0) is 24.2 Å². The molecule has 0 radical (unpaired) electrons. The molecule has 0 aromatic rings. The molecule has 1 atom stereocenters. The lowest BCUT2D eigenvalue weighted by Crippen LogP contribution is -2.22. The van der Waals surface area contributed by atoms with E-state index in [1.165, 1.54) is 12.8 Å². The molecule has 1 heterocycles. The molecule has 0 N–H and O–H groups in total. The molecule has 1 rings (SSSR count). The van der Waals surface area contributed by atoms with Crippen molar-refractivity contribution in [3.05, 3.63) is 11.1 Å². The van der Waals surface area contributed by atoms with Crippen molar-refractivity contribution in [2.75, 3.05) is 13.2 Å². The van der Waals surface area contributed by atoms with Gasteiger partial charge in [0, 0.05) is 6.61 Å². The van der Waals surface area contributed by atoms with Gasteiger partial charge >= 0.3 is 0 Å². The molecular formula is C8H13BrO2. The Labute approximate surface area is 75.7 Å². The molecule has 0 amide bonds. The summed E-state index contributed by atoms with van der Waals surface area (Å²) < 4.78 is 10.7. The van der Waals surface area contributed by atoms with Crippen molar-refractivity contribution >= 4 is 15.9 Å². The minimum absolute atomic E-state index is 0.0347. The highest BCUT2D eigenvalue weighted by Crippen LogP contribution is 2.13. The zero-order chi connectivity index (χ0) is 7.94. The van der Waals surface area contributed by atoms with Crippen LogP contribution in [0.1, 0.15) is 19.3 Å². The van der Waals surface area contributed by atoms with Crippen molar-refractivity contribution in [3.63, 3.8) is 0 Å². The minimum Gasteiger partial charge on any atom is -0.353 e. The van der Waals surface area contributed by atoms with Crippen molar-refractivity contribution < 1.29 is 9.47 Å². The van der Waals surface area contributed by atoms with Crippen molar-refractivity contribution in [1.29, 1.82) is 0 Å². The summed E-state index contributed by atoms with van der Waals surface area (Å²) in [7, 11) is 0. The normalized spacial score (nSPS) is 26.1. The molecule has 0 bridgehead atoms. The molecule has 3 heteroatoms. The standard InChI is InChI=1S/C8H13BrO2/c9-5-3-7-11-8-4-1-2-6-10-8/h3,5,8H,1-2,4,6-7H2/b5-3+. The molecule has 64 valence electrons. The number of hydrogen-bond donors (Lipinski definition) is 0. The van der Waals surface area contributed by atoms with Crippen LogP contribution < -0.4 is 0 Å². The van der Waals surface area contributed by atoms with Crippen molar-refractivity contribution in [3.8, 4) is 0 Å². The van der Waals surface area contributed by atoms with E-state index >= 15 is 0 Å². The SMILES string of the molecule is Br/C=C/COC1CCCCO1. The van der Waals surface area contributed by atoms with E-state index in [0.717, 1.165) is 13.0 Å². The topological polar surface area (TPSA) is 18.5 Å². The summed E-state index contributed by atoms with van der Waals surface area (Å²) in [6, 6.07) is 0. The Balaban J connectivity index is 2.04. The molecule has 2 nitrogen and oxygen atoms in total. The van der Waals surface area contributed by atoms with E-state index in [4.69, 9.17) is 9.47 Å². The van der Waals surface area contributed by atoms with Crippen LogP contribution in [0.15, 0.2) is 11.1 Å². The molecule has 11 heavy (non-hydrogen) atoms. The van der Waals surface area contributed by atoms with E-state index in [1.807, 2.05) is 6.08 Å². The van der Waals surface area contributed by atoms with Gasteiger partial charge in [-0.1, -0.05) is 22.0 Å². The molecule has 0 aromatic heterocycles. The fourth-order valence-electron chi connectivity index (χ4n) is 1.04. The quantitative estimate of drug-likeness (QED) is 0.728. The van der Waals surface area contributed by atoms with E-state index < -0.39 is 0 Å². The van der Waals surface area contributed by atoms with Gasteiger partial charge in [0.1, 0.15) is 0 Å². The Bertz CT molecular complexity index is 119. The maximum absolute atomic E-state index is 5.38. The van der Waals surface area contributed by atoms with E-state index in [2.05, 4.69) is 15.9 Å². The maximum atomic E-state index is 5.38. The van der Waals surface area contributed by atoms with Crippen LogP contribution in [-0.2, 0) is 9.47 Å². The van der Waals surface area contributed by atoms with Crippen LogP contribution in [0.3, 0.4) is 0 Å². The Morgan fingerprint density at radius 3 is 3.09 bits per heavy atom. The maximum Gasteiger partial charge on any atom is 0.157 e. The summed E-state index contributed by atoms with van der Waals surface area (Å²) in [4.78, 5) is 1.80. The molecule has 1 aliphatic heterocycles. The van der Waals surface area contributed by atoms with Crippen molar-refractivity contribution in [1.82, 2.24) is 0 Å². The molecule has 1 aliphatic rings. The second-order valence-corrected chi connectivity index (χ2v) is 3.02. The van der Waals surface area contributed by atoms with Gasteiger partial charge in [0.2, 0.25) is 0 Å². The second kappa shape index (κ2) is 5.75. The van der Waals surface area contributed by atoms with Crippen molar-refractivity contribution in [2.24, 2.45) is 0 Å². The zero-order valence-corrected chi connectivity index (χ0v) is 8.05. The first kappa shape index (κ1) is 9.23. The third-order valence-corrected chi connectivity index (χ3v) is 1.98. The van der Waals surface area contributed by atoms with E-state index in [-0.39, 0.29) is 6.29 Å². The van der Waals surface area contributed by atoms with Crippen LogP contribution in [0.4, 0.5) is 0 Å². The fourth-order valence-corrected chi connectivity index (χ4v) is 1.19. The van der Waals surface area contributed by atoms with Crippen LogP contribution in [0.2, 0.25) is 0 Å². The highest BCUT2D eigenvalue weighted by molar-refractivity contribution is 9.11. The van der Waals surface area contributed by atoms with Gasteiger partial charge in [0.15, 0.2) is 6.29 Å². The van der Waals surface area contributed by atoms with Gasteiger partial charge in [-0.25, -0.2) is 0 Å². The van der Waals surface area contributed by atoms with Gasteiger partial charge in [0.25, 0.3) is 0 Å². The van der Waals surface area contributed by atoms with E-state index in [1.54, 1.807) is 4.99 Å². The summed E-state index contributed by atoms with van der Waals surface area (Å²) in [5.41, 5.74) is 0. The van der Waals surface area contributed by atoms with Gasteiger partial charge < -0.3 is 9.47 Å². The zero-order valence-electron chi connectivity index (χ0n) is 6.46. The Morgan fingerprint density at radius 2 is 2.45 bits per heavy atom. The summed E-state index contributed by atoms with van der Waals surface area (Å²) in [5.74, 6) is 0. The first-order chi connectivity index (χ1) is 5.43. The van der Waals surface area contributed by atoms with Crippen LogP contribution in [0, 0.1) is 0 Å². The Kier molecular flexibility index (Phi) is 4.82. The fraction of sp³-hybridized carbons (Fsp3) is 0.750. The summed E-state index contributed by atoms with van der Waals surface area (Å²) in [6.45, 7) is 1.48. The van der Waals surface area contributed by atoms with E-state index in [9.17, 15) is 0 Å². The predicted molar refractivity (Wildman–Crippen MR) is 47.6 cm³/mol. The van der Waals surface area contributed by atoms with Crippen molar-refractivity contribution in [2.45, 2.75) is 25.6 Å². The Morgan fingerprint density at radius 1 is 1.55 bits per heavy atom.